The van der Waals surface area contributed by atoms with Crippen molar-refractivity contribution in [2.45, 2.75) is 25.7 Å². The van der Waals surface area contributed by atoms with E-state index in [9.17, 15) is 22.0 Å². The summed E-state index contributed by atoms with van der Waals surface area (Å²) in [7, 11) is -3.63. The first-order valence-electron chi connectivity index (χ1n) is 6.33. The summed E-state index contributed by atoms with van der Waals surface area (Å²) in [6.07, 6.45) is 0.725. The fraction of sp³-hybridized carbons (Fsp3) is 0.462. The minimum atomic E-state index is -3.63. The van der Waals surface area contributed by atoms with Gasteiger partial charge in [-0.25, -0.2) is 17.2 Å². The predicted octanol–water partition coefficient (Wildman–Crippen LogP) is 1.92. The molecule has 20 heavy (non-hydrogen) atoms. The summed E-state index contributed by atoms with van der Waals surface area (Å²) in [6.45, 7) is 1.69. The smallest absolute Gasteiger partial charge is 0.237 e. The molecule has 2 atom stereocenters. The number of carbonyl (C=O) groups is 1. The highest BCUT2D eigenvalue weighted by atomic mass is 32.2. The first-order valence-corrected chi connectivity index (χ1v) is 7.98. The average Bonchev–Trinajstić information content (AvgIpc) is 3.11. The molecule has 1 aliphatic rings. The number of carbonyl (C=O) groups excluding carboxylic acids is 1. The number of benzene rings is 1. The zero-order valence-electron chi connectivity index (χ0n) is 10.9. The molecule has 0 aliphatic heterocycles. The molecule has 1 saturated carbocycles. The van der Waals surface area contributed by atoms with Crippen LogP contribution in [0.25, 0.3) is 0 Å². The zero-order chi connectivity index (χ0) is 14.9. The first-order chi connectivity index (χ1) is 9.34. The highest BCUT2D eigenvalue weighted by Gasteiger charge is 2.46. The molecule has 1 aliphatic carbocycles. The number of nitrogens with one attached hydrogen (secondary N) is 1. The van der Waals surface area contributed by atoms with Gasteiger partial charge in [0.05, 0.1) is 5.75 Å². The largest absolute Gasteiger partial charge is 0.274 e. The van der Waals surface area contributed by atoms with Crippen molar-refractivity contribution in [2.24, 2.45) is 5.92 Å². The molecule has 0 unspecified atom stereocenters. The number of sulfonamides is 1. The first kappa shape index (κ1) is 14.9. The van der Waals surface area contributed by atoms with E-state index in [1.165, 1.54) is 0 Å². The van der Waals surface area contributed by atoms with Gasteiger partial charge < -0.3 is 0 Å². The van der Waals surface area contributed by atoms with E-state index in [4.69, 9.17) is 0 Å². The number of rotatable bonds is 5. The quantitative estimate of drug-likeness (QED) is 0.904. The van der Waals surface area contributed by atoms with E-state index in [0.29, 0.717) is 12.8 Å². The van der Waals surface area contributed by atoms with E-state index in [1.54, 1.807) is 6.92 Å². The Bertz CT molecular complexity index is 631. The van der Waals surface area contributed by atoms with Gasteiger partial charge in [0, 0.05) is 5.92 Å². The molecule has 1 aromatic rings. The fourth-order valence-corrected chi connectivity index (χ4v) is 3.27. The Balaban J connectivity index is 2.05. The minimum absolute atomic E-state index is 0.123. The molecule has 7 heteroatoms. The number of hydrogen-bond donors (Lipinski definition) is 1. The van der Waals surface area contributed by atoms with Crippen LogP contribution in [0.15, 0.2) is 18.2 Å². The van der Waals surface area contributed by atoms with E-state index >= 15 is 0 Å². The van der Waals surface area contributed by atoms with Crippen molar-refractivity contribution < 1.29 is 22.0 Å². The van der Waals surface area contributed by atoms with Crippen LogP contribution in [0, 0.1) is 17.6 Å². The average molecular weight is 303 g/mol. The van der Waals surface area contributed by atoms with Crippen LogP contribution in [-0.4, -0.2) is 20.1 Å². The molecule has 0 radical (unpaired) electrons. The van der Waals surface area contributed by atoms with Gasteiger partial charge in [-0.2, -0.15) is 0 Å². The van der Waals surface area contributed by atoms with E-state index in [-0.39, 0.29) is 11.3 Å². The SMILES string of the molecule is CCCS(=O)(=O)NC(=O)[C@H]1C[C@@H]1c1cc(F)ccc1F. The Kier molecular flexibility index (Phi) is 4.08. The normalized spacial score (nSPS) is 21.6. The topological polar surface area (TPSA) is 63.2 Å². The van der Waals surface area contributed by atoms with Crippen LogP contribution in [0.3, 0.4) is 0 Å². The molecule has 0 saturated heterocycles. The van der Waals surface area contributed by atoms with Gasteiger partial charge in [0.25, 0.3) is 0 Å². The molecule has 0 spiro atoms. The molecule has 110 valence electrons. The standard InChI is InChI=1S/C13H15F2NO3S/c1-2-5-20(18,19)16-13(17)11-7-9(11)10-6-8(14)3-4-12(10)15/h3-4,6,9,11H,2,5,7H2,1H3,(H,16,17)/t9-,11+/m1/s1. The summed E-state index contributed by atoms with van der Waals surface area (Å²) < 4.78 is 51.5. The number of hydrogen-bond acceptors (Lipinski definition) is 3. The lowest BCUT2D eigenvalue weighted by molar-refractivity contribution is -0.120. The van der Waals surface area contributed by atoms with Crippen LogP contribution >= 0.6 is 0 Å². The van der Waals surface area contributed by atoms with Gasteiger partial charge in [-0.05, 0) is 42.5 Å². The molecule has 2 rings (SSSR count). The Labute approximate surface area is 116 Å². The summed E-state index contributed by atoms with van der Waals surface area (Å²) in [5.74, 6) is -3.01. The lowest BCUT2D eigenvalue weighted by Gasteiger charge is -2.06. The van der Waals surface area contributed by atoms with Crippen LogP contribution in [0.4, 0.5) is 8.78 Å². The summed E-state index contributed by atoms with van der Waals surface area (Å²) in [5, 5.41) is 0. The van der Waals surface area contributed by atoms with Gasteiger partial charge >= 0.3 is 0 Å². The third kappa shape index (κ3) is 3.33. The van der Waals surface area contributed by atoms with Gasteiger partial charge in [0.2, 0.25) is 15.9 Å². The van der Waals surface area contributed by atoms with Crippen molar-refractivity contribution in [1.82, 2.24) is 4.72 Å². The number of amides is 1. The van der Waals surface area contributed by atoms with Gasteiger partial charge in [-0.15, -0.1) is 0 Å². The van der Waals surface area contributed by atoms with Gasteiger partial charge in [0.15, 0.2) is 0 Å². The maximum absolute atomic E-state index is 13.5. The van der Waals surface area contributed by atoms with Crippen LogP contribution in [0.5, 0.6) is 0 Å². The van der Waals surface area contributed by atoms with Crippen LogP contribution in [-0.2, 0) is 14.8 Å². The predicted molar refractivity (Wildman–Crippen MR) is 69.4 cm³/mol. The van der Waals surface area contributed by atoms with E-state index in [0.717, 1.165) is 18.2 Å². The highest BCUT2D eigenvalue weighted by molar-refractivity contribution is 7.90. The highest BCUT2D eigenvalue weighted by Crippen LogP contribution is 2.48. The molecular formula is C13H15F2NO3S. The van der Waals surface area contributed by atoms with Crippen molar-refractivity contribution in [1.29, 1.82) is 0 Å². The third-order valence-electron chi connectivity index (χ3n) is 3.21. The van der Waals surface area contributed by atoms with Crippen molar-refractivity contribution in [3.05, 3.63) is 35.4 Å². The minimum Gasteiger partial charge on any atom is -0.274 e. The maximum Gasteiger partial charge on any atom is 0.237 e. The van der Waals surface area contributed by atoms with Crippen LogP contribution in [0.2, 0.25) is 0 Å². The summed E-state index contributed by atoms with van der Waals surface area (Å²) in [6, 6.07) is 3.06. The Hall–Kier alpha value is -1.50. The maximum atomic E-state index is 13.5. The molecule has 1 N–H and O–H groups in total. The van der Waals surface area contributed by atoms with Crippen molar-refractivity contribution in [3.8, 4) is 0 Å². The molecule has 1 amide bonds. The second-order valence-corrected chi connectivity index (χ2v) is 6.74. The Morgan fingerprint density at radius 1 is 1.40 bits per heavy atom. The van der Waals surface area contributed by atoms with Crippen molar-refractivity contribution in [3.63, 3.8) is 0 Å². The second kappa shape index (κ2) is 5.47. The van der Waals surface area contributed by atoms with Crippen molar-refractivity contribution >= 4 is 15.9 Å². The lowest BCUT2D eigenvalue weighted by atomic mass is 10.1. The second-order valence-electron chi connectivity index (χ2n) is 4.90. The monoisotopic (exact) mass is 303 g/mol. The lowest BCUT2D eigenvalue weighted by Crippen LogP contribution is -2.33. The molecule has 4 nitrogen and oxygen atoms in total. The third-order valence-corrected chi connectivity index (χ3v) is 4.67. The van der Waals surface area contributed by atoms with E-state index in [1.807, 2.05) is 4.72 Å². The van der Waals surface area contributed by atoms with Gasteiger partial charge in [-0.1, -0.05) is 6.92 Å². The van der Waals surface area contributed by atoms with E-state index < -0.39 is 39.4 Å². The van der Waals surface area contributed by atoms with Crippen LogP contribution in [0.1, 0.15) is 31.2 Å². The summed E-state index contributed by atoms with van der Waals surface area (Å²) >= 11 is 0. The molecule has 1 fully saturated rings. The fourth-order valence-electron chi connectivity index (χ4n) is 2.18. The molecule has 0 bridgehead atoms. The van der Waals surface area contributed by atoms with E-state index in [2.05, 4.69) is 0 Å². The van der Waals surface area contributed by atoms with Crippen molar-refractivity contribution in [2.75, 3.05) is 5.75 Å². The summed E-state index contributed by atoms with van der Waals surface area (Å²) in [4.78, 5) is 11.8. The Morgan fingerprint density at radius 3 is 2.75 bits per heavy atom. The Morgan fingerprint density at radius 2 is 2.10 bits per heavy atom. The molecule has 0 aromatic heterocycles. The van der Waals surface area contributed by atoms with Gasteiger partial charge in [0.1, 0.15) is 11.6 Å². The summed E-state index contributed by atoms with van der Waals surface area (Å²) in [5.41, 5.74) is 0.123. The molecular weight excluding hydrogens is 288 g/mol. The number of halogens is 2. The molecule has 1 aromatic carbocycles. The van der Waals surface area contributed by atoms with Crippen LogP contribution < -0.4 is 4.72 Å². The zero-order valence-corrected chi connectivity index (χ0v) is 11.7. The van der Waals surface area contributed by atoms with Gasteiger partial charge in [-0.3, -0.25) is 9.52 Å². The molecule has 0 heterocycles.